The van der Waals surface area contributed by atoms with Crippen molar-refractivity contribution in [3.05, 3.63) is 59.4 Å². The Bertz CT molecular complexity index is 879. The van der Waals surface area contributed by atoms with E-state index >= 15 is 0 Å². The molecule has 0 aromatic heterocycles. The van der Waals surface area contributed by atoms with Gasteiger partial charge in [-0.1, -0.05) is 12.1 Å². The van der Waals surface area contributed by atoms with Gasteiger partial charge in [-0.25, -0.2) is 9.82 Å². The molecule has 1 N–H and O–H groups in total. The summed E-state index contributed by atoms with van der Waals surface area (Å²) in [5, 5.41) is 4.15. The van der Waals surface area contributed by atoms with Crippen LogP contribution in [0.5, 0.6) is 11.5 Å². The van der Waals surface area contributed by atoms with Crippen LogP contribution < -0.4 is 14.9 Å². The molecule has 6 nitrogen and oxygen atoms in total. The normalized spacial score (nSPS) is 14.7. The number of hydrogen-bond acceptors (Lipinski definition) is 5. The third-order valence-electron chi connectivity index (χ3n) is 4.83. The summed E-state index contributed by atoms with van der Waals surface area (Å²) in [6.45, 7) is 4.52. The second-order valence-electron chi connectivity index (χ2n) is 6.96. The molecule has 1 saturated heterocycles. The van der Waals surface area contributed by atoms with Gasteiger partial charge in [-0.3, -0.25) is 9.69 Å². The molecule has 0 aliphatic carbocycles. The van der Waals surface area contributed by atoms with E-state index in [1.54, 1.807) is 19.2 Å². The van der Waals surface area contributed by atoms with Crippen molar-refractivity contribution in [2.45, 2.75) is 26.3 Å². The summed E-state index contributed by atoms with van der Waals surface area (Å²) in [6, 6.07) is 11.8. The van der Waals surface area contributed by atoms with Gasteiger partial charge < -0.3 is 9.47 Å². The van der Waals surface area contributed by atoms with Crippen molar-refractivity contribution in [2.75, 3.05) is 26.8 Å². The first-order chi connectivity index (χ1) is 14.1. The van der Waals surface area contributed by atoms with Gasteiger partial charge in [0.25, 0.3) is 5.91 Å². The third kappa shape index (κ3) is 5.77. The van der Waals surface area contributed by atoms with Crippen LogP contribution in [-0.4, -0.2) is 43.3 Å². The number of amides is 1. The monoisotopic (exact) mass is 399 g/mol. The minimum atomic E-state index is -0.510. The molecular formula is C22H26FN3O3. The van der Waals surface area contributed by atoms with Gasteiger partial charge in [-0.15, -0.1) is 0 Å². The molecule has 7 heteroatoms. The van der Waals surface area contributed by atoms with Crippen LogP contribution in [0.4, 0.5) is 4.39 Å². The number of likely N-dealkylation sites (tertiary alicyclic amines) is 1. The molecule has 0 spiro atoms. The zero-order chi connectivity index (χ0) is 20.6. The zero-order valence-electron chi connectivity index (χ0n) is 16.8. The van der Waals surface area contributed by atoms with E-state index < -0.39 is 11.7 Å². The standard InChI is InChI=1S/C22H26FN3O3/c1-16(24-25-22(27)15-29-21-8-4-3-7-19(21)23)17-9-10-20(28-2)18(13-17)14-26-11-5-6-12-26/h3-4,7-10,13H,5-6,11-12,14-15H2,1-2H3,(H,25,27)/b24-16-. The van der Waals surface area contributed by atoms with Crippen LogP contribution in [0.25, 0.3) is 0 Å². The van der Waals surface area contributed by atoms with Gasteiger partial charge in [0.05, 0.1) is 12.8 Å². The molecule has 2 aromatic rings. The fraction of sp³-hybridized carbons (Fsp3) is 0.364. The molecule has 1 amide bonds. The molecule has 1 aliphatic rings. The number of hydrogen-bond donors (Lipinski definition) is 1. The Hall–Kier alpha value is -2.93. The maximum absolute atomic E-state index is 13.5. The Morgan fingerprint density at radius 2 is 1.93 bits per heavy atom. The first-order valence-corrected chi connectivity index (χ1v) is 9.67. The van der Waals surface area contributed by atoms with E-state index in [2.05, 4.69) is 15.4 Å². The van der Waals surface area contributed by atoms with Gasteiger partial charge in [0.1, 0.15) is 5.75 Å². The molecule has 1 heterocycles. The quantitative estimate of drug-likeness (QED) is 0.546. The number of carbonyl (C=O) groups excluding carboxylic acids is 1. The third-order valence-corrected chi connectivity index (χ3v) is 4.83. The molecular weight excluding hydrogens is 373 g/mol. The van der Waals surface area contributed by atoms with Gasteiger partial charge in [-0.05, 0) is 68.8 Å². The summed E-state index contributed by atoms with van der Waals surface area (Å²) in [6.07, 6.45) is 2.45. The first kappa shape index (κ1) is 20.8. The maximum Gasteiger partial charge on any atom is 0.277 e. The molecule has 29 heavy (non-hydrogen) atoms. The summed E-state index contributed by atoms with van der Waals surface area (Å²) in [5.74, 6) is -0.0945. The Morgan fingerprint density at radius 1 is 1.17 bits per heavy atom. The number of para-hydroxylation sites is 1. The Morgan fingerprint density at radius 3 is 2.66 bits per heavy atom. The highest BCUT2D eigenvalue weighted by Crippen LogP contribution is 2.24. The highest BCUT2D eigenvalue weighted by molar-refractivity contribution is 5.99. The van der Waals surface area contributed by atoms with Crippen molar-refractivity contribution in [3.63, 3.8) is 0 Å². The predicted molar refractivity (Wildman–Crippen MR) is 110 cm³/mol. The number of nitrogens with zero attached hydrogens (tertiary/aromatic N) is 2. The number of halogens is 1. The smallest absolute Gasteiger partial charge is 0.277 e. The molecule has 0 saturated carbocycles. The highest BCUT2D eigenvalue weighted by atomic mass is 19.1. The minimum absolute atomic E-state index is 0.0325. The summed E-state index contributed by atoms with van der Waals surface area (Å²) >= 11 is 0. The lowest BCUT2D eigenvalue weighted by molar-refractivity contribution is -0.123. The van der Waals surface area contributed by atoms with Crippen LogP contribution in [0, 0.1) is 5.82 Å². The van der Waals surface area contributed by atoms with Gasteiger partial charge in [-0.2, -0.15) is 5.10 Å². The fourth-order valence-corrected chi connectivity index (χ4v) is 3.26. The summed E-state index contributed by atoms with van der Waals surface area (Å²) in [5.41, 5.74) is 5.11. The van der Waals surface area contributed by atoms with Gasteiger partial charge in [0.15, 0.2) is 18.2 Å². The largest absolute Gasteiger partial charge is 0.496 e. The van der Waals surface area contributed by atoms with Crippen molar-refractivity contribution < 1.29 is 18.7 Å². The lowest BCUT2D eigenvalue weighted by atomic mass is 10.1. The van der Waals surface area contributed by atoms with Crippen LogP contribution in [0.15, 0.2) is 47.6 Å². The second kappa shape index (κ2) is 10.0. The average Bonchev–Trinajstić information content (AvgIpc) is 3.24. The number of carbonyl (C=O) groups is 1. The predicted octanol–water partition coefficient (Wildman–Crippen LogP) is 3.35. The highest BCUT2D eigenvalue weighted by Gasteiger charge is 2.15. The van der Waals surface area contributed by atoms with Crippen LogP contribution in [0.3, 0.4) is 0 Å². The maximum atomic E-state index is 13.5. The van der Waals surface area contributed by atoms with Crippen molar-refractivity contribution in [1.82, 2.24) is 10.3 Å². The Balaban J connectivity index is 1.61. The molecule has 2 aromatic carbocycles. The lowest BCUT2D eigenvalue weighted by Crippen LogP contribution is -2.25. The van der Waals surface area contributed by atoms with E-state index in [4.69, 9.17) is 9.47 Å². The van der Waals surface area contributed by atoms with Gasteiger partial charge >= 0.3 is 0 Å². The Kier molecular flexibility index (Phi) is 7.19. The van der Waals surface area contributed by atoms with E-state index in [-0.39, 0.29) is 12.4 Å². The number of ether oxygens (including phenoxy) is 2. The number of nitrogens with one attached hydrogen (secondary N) is 1. The second-order valence-corrected chi connectivity index (χ2v) is 6.96. The fourth-order valence-electron chi connectivity index (χ4n) is 3.26. The SMILES string of the molecule is COc1ccc(/C(C)=N\NC(=O)COc2ccccc2F)cc1CN1CCCC1. The average molecular weight is 399 g/mol. The molecule has 0 radical (unpaired) electrons. The zero-order valence-corrected chi connectivity index (χ0v) is 16.8. The van der Waals surface area contributed by atoms with Crippen LogP contribution in [-0.2, 0) is 11.3 Å². The number of rotatable bonds is 8. The topological polar surface area (TPSA) is 63.2 Å². The Labute approximate surface area is 170 Å². The molecule has 154 valence electrons. The van der Waals surface area contributed by atoms with E-state index in [9.17, 15) is 9.18 Å². The number of benzene rings is 2. The van der Waals surface area contributed by atoms with E-state index in [0.29, 0.717) is 5.71 Å². The molecule has 1 aliphatic heterocycles. The summed E-state index contributed by atoms with van der Waals surface area (Å²) < 4.78 is 24.2. The number of hydrazone groups is 1. The van der Waals surface area contributed by atoms with Crippen LogP contribution in [0.1, 0.15) is 30.9 Å². The van der Waals surface area contributed by atoms with Crippen molar-refractivity contribution in [1.29, 1.82) is 0 Å². The molecule has 0 atom stereocenters. The lowest BCUT2D eigenvalue weighted by Gasteiger charge is -2.17. The molecule has 1 fully saturated rings. The van der Waals surface area contributed by atoms with E-state index in [0.717, 1.165) is 36.5 Å². The minimum Gasteiger partial charge on any atom is -0.496 e. The summed E-state index contributed by atoms with van der Waals surface area (Å²) in [4.78, 5) is 14.4. The van der Waals surface area contributed by atoms with Gasteiger partial charge in [0, 0.05) is 12.1 Å². The molecule has 0 bridgehead atoms. The first-order valence-electron chi connectivity index (χ1n) is 9.67. The molecule has 3 rings (SSSR count). The van der Waals surface area contributed by atoms with Crippen molar-refractivity contribution in [2.24, 2.45) is 5.10 Å². The van der Waals surface area contributed by atoms with Gasteiger partial charge in [0.2, 0.25) is 0 Å². The van der Waals surface area contributed by atoms with Crippen molar-refractivity contribution >= 4 is 11.6 Å². The van der Waals surface area contributed by atoms with E-state index in [1.807, 2.05) is 25.1 Å². The summed E-state index contributed by atoms with van der Waals surface area (Å²) in [7, 11) is 1.67. The van der Waals surface area contributed by atoms with Crippen LogP contribution >= 0.6 is 0 Å². The van der Waals surface area contributed by atoms with E-state index in [1.165, 1.54) is 25.0 Å². The molecule has 0 unspecified atom stereocenters. The van der Waals surface area contributed by atoms with Crippen molar-refractivity contribution in [3.8, 4) is 11.5 Å². The number of methoxy groups -OCH3 is 1. The van der Waals surface area contributed by atoms with Crippen LogP contribution in [0.2, 0.25) is 0 Å².